The van der Waals surface area contributed by atoms with Crippen molar-refractivity contribution in [1.29, 1.82) is 0 Å². The lowest BCUT2D eigenvalue weighted by atomic mass is 9.98. The van der Waals surface area contributed by atoms with Crippen molar-refractivity contribution in [2.75, 3.05) is 20.6 Å². The normalized spacial score (nSPS) is 17.4. The van der Waals surface area contributed by atoms with Gasteiger partial charge in [-0.2, -0.15) is 0 Å². The van der Waals surface area contributed by atoms with Crippen LogP contribution >= 0.6 is 12.4 Å². The average Bonchev–Trinajstić information content (AvgIpc) is 2.62. The molecule has 0 bridgehead atoms. The topological polar surface area (TPSA) is 75.4 Å². The summed E-state index contributed by atoms with van der Waals surface area (Å²) in [6, 6.07) is 0. The fourth-order valence-corrected chi connectivity index (χ4v) is 1.72. The van der Waals surface area contributed by atoms with Gasteiger partial charge in [0.15, 0.2) is 0 Å². The second kappa shape index (κ2) is 6.06. The molecule has 0 atom stereocenters. The van der Waals surface area contributed by atoms with Gasteiger partial charge in [0.2, 0.25) is 11.8 Å². The largest absolute Gasteiger partial charge is 0.347 e. The van der Waals surface area contributed by atoms with Crippen LogP contribution in [0.15, 0.2) is 0 Å². The van der Waals surface area contributed by atoms with E-state index in [4.69, 9.17) is 5.73 Å². The zero-order valence-corrected chi connectivity index (χ0v) is 10.6. The highest BCUT2D eigenvalue weighted by Gasteiger charge is 2.36. The fourth-order valence-electron chi connectivity index (χ4n) is 1.72. The van der Waals surface area contributed by atoms with Crippen LogP contribution in [0.1, 0.15) is 25.7 Å². The molecule has 6 heteroatoms. The van der Waals surface area contributed by atoms with Crippen LogP contribution in [-0.4, -0.2) is 42.9 Å². The van der Waals surface area contributed by atoms with Crippen LogP contribution in [0, 0.1) is 0 Å². The average molecular weight is 250 g/mol. The van der Waals surface area contributed by atoms with E-state index in [0.29, 0.717) is 0 Å². The van der Waals surface area contributed by atoms with Crippen molar-refractivity contribution in [1.82, 2.24) is 10.2 Å². The first-order valence-electron chi connectivity index (χ1n) is 5.23. The summed E-state index contributed by atoms with van der Waals surface area (Å²) in [6.45, 7) is 0.0325. The third-order valence-corrected chi connectivity index (χ3v) is 2.85. The first-order chi connectivity index (χ1) is 6.96. The summed E-state index contributed by atoms with van der Waals surface area (Å²) < 4.78 is 0. The highest BCUT2D eigenvalue weighted by Crippen LogP contribution is 2.26. The predicted molar refractivity (Wildman–Crippen MR) is 64.3 cm³/mol. The Morgan fingerprint density at radius 1 is 1.31 bits per heavy atom. The lowest BCUT2D eigenvalue weighted by Gasteiger charge is -2.22. The van der Waals surface area contributed by atoms with Gasteiger partial charge in [-0.15, -0.1) is 12.4 Å². The molecule has 0 saturated heterocycles. The molecule has 1 saturated carbocycles. The van der Waals surface area contributed by atoms with Gasteiger partial charge in [0.25, 0.3) is 0 Å². The molecule has 94 valence electrons. The quantitative estimate of drug-likeness (QED) is 0.733. The van der Waals surface area contributed by atoms with E-state index in [1.807, 2.05) is 0 Å². The second-order valence-corrected chi connectivity index (χ2v) is 4.33. The Hall–Kier alpha value is -0.810. The molecule has 0 heterocycles. The number of nitrogens with one attached hydrogen (secondary N) is 1. The highest BCUT2D eigenvalue weighted by atomic mass is 35.5. The third kappa shape index (κ3) is 3.64. The molecule has 1 aliphatic carbocycles. The predicted octanol–water partition coefficient (Wildman–Crippen LogP) is -0.116. The number of rotatable bonds is 3. The molecule has 1 aliphatic rings. The summed E-state index contributed by atoms with van der Waals surface area (Å²) in [4.78, 5) is 24.4. The van der Waals surface area contributed by atoms with Crippen molar-refractivity contribution < 1.29 is 9.59 Å². The molecule has 0 aromatic rings. The Bertz CT molecular complexity index is 263. The van der Waals surface area contributed by atoms with Crippen LogP contribution in [0.2, 0.25) is 0 Å². The van der Waals surface area contributed by atoms with E-state index in [1.54, 1.807) is 14.1 Å². The van der Waals surface area contributed by atoms with Gasteiger partial charge < -0.3 is 16.0 Å². The minimum atomic E-state index is -0.743. The van der Waals surface area contributed by atoms with Crippen LogP contribution in [0.4, 0.5) is 0 Å². The van der Waals surface area contributed by atoms with E-state index in [0.717, 1.165) is 25.7 Å². The van der Waals surface area contributed by atoms with Gasteiger partial charge in [0.05, 0.1) is 12.1 Å². The van der Waals surface area contributed by atoms with Gasteiger partial charge in [-0.3, -0.25) is 9.59 Å². The molecule has 0 spiro atoms. The van der Waals surface area contributed by atoms with Gasteiger partial charge in [-0.25, -0.2) is 0 Å². The molecule has 0 unspecified atom stereocenters. The number of hydrogen-bond donors (Lipinski definition) is 2. The summed E-state index contributed by atoms with van der Waals surface area (Å²) in [5.41, 5.74) is 5.18. The van der Waals surface area contributed by atoms with E-state index in [-0.39, 0.29) is 30.8 Å². The van der Waals surface area contributed by atoms with Gasteiger partial charge >= 0.3 is 0 Å². The summed E-state index contributed by atoms with van der Waals surface area (Å²) in [5.74, 6) is -0.319. The van der Waals surface area contributed by atoms with Crippen molar-refractivity contribution in [3.63, 3.8) is 0 Å². The Balaban J connectivity index is 0.00000225. The van der Waals surface area contributed by atoms with Crippen LogP contribution in [0.5, 0.6) is 0 Å². The van der Waals surface area contributed by atoms with Gasteiger partial charge in [-0.1, -0.05) is 12.8 Å². The Morgan fingerprint density at radius 3 is 2.25 bits per heavy atom. The van der Waals surface area contributed by atoms with Crippen LogP contribution < -0.4 is 11.1 Å². The van der Waals surface area contributed by atoms with E-state index < -0.39 is 5.54 Å². The van der Waals surface area contributed by atoms with Crippen molar-refractivity contribution in [2.24, 2.45) is 5.73 Å². The molecule has 16 heavy (non-hydrogen) atoms. The van der Waals surface area contributed by atoms with E-state index in [9.17, 15) is 9.59 Å². The Kier molecular flexibility index (Phi) is 5.75. The van der Waals surface area contributed by atoms with E-state index >= 15 is 0 Å². The number of carbonyl (C=O) groups is 2. The third-order valence-electron chi connectivity index (χ3n) is 2.85. The molecule has 0 aliphatic heterocycles. The lowest BCUT2D eigenvalue weighted by Crippen LogP contribution is -2.53. The first-order valence-corrected chi connectivity index (χ1v) is 5.23. The maximum Gasteiger partial charge on any atom is 0.241 e. The smallest absolute Gasteiger partial charge is 0.241 e. The van der Waals surface area contributed by atoms with E-state index in [1.165, 1.54) is 4.90 Å². The number of hydrogen-bond acceptors (Lipinski definition) is 3. The molecular formula is C10H20ClN3O2. The van der Waals surface area contributed by atoms with Crippen molar-refractivity contribution in [3.8, 4) is 0 Å². The summed E-state index contributed by atoms with van der Waals surface area (Å²) in [5, 5.41) is 2.59. The number of nitrogens with two attached hydrogens (primary N) is 1. The fraction of sp³-hybridized carbons (Fsp3) is 0.800. The molecule has 5 nitrogen and oxygen atoms in total. The number of amides is 2. The molecule has 0 aromatic heterocycles. The standard InChI is InChI=1S/C10H19N3O2.ClH/c1-13(2)8(14)7-12-9(15)10(11)5-3-4-6-10;/h3-7,11H2,1-2H3,(H,12,15);1H. The van der Waals surface area contributed by atoms with E-state index in [2.05, 4.69) is 5.32 Å². The zero-order chi connectivity index (χ0) is 11.5. The molecule has 0 aromatic carbocycles. The molecule has 1 rings (SSSR count). The maximum atomic E-state index is 11.7. The van der Waals surface area contributed by atoms with Gasteiger partial charge in [0, 0.05) is 14.1 Å². The monoisotopic (exact) mass is 249 g/mol. The Labute approximate surface area is 102 Å². The number of carbonyl (C=O) groups excluding carboxylic acids is 2. The minimum absolute atomic E-state index is 0. The van der Waals surface area contributed by atoms with Crippen LogP contribution in [0.25, 0.3) is 0 Å². The SMILES string of the molecule is CN(C)C(=O)CNC(=O)C1(N)CCCC1.Cl. The molecular weight excluding hydrogens is 230 g/mol. The maximum absolute atomic E-state index is 11.7. The molecule has 0 radical (unpaired) electrons. The lowest BCUT2D eigenvalue weighted by molar-refractivity contribution is -0.132. The molecule has 2 amide bonds. The zero-order valence-electron chi connectivity index (χ0n) is 9.78. The number of halogens is 1. The summed E-state index contributed by atoms with van der Waals surface area (Å²) in [6.07, 6.45) is 3.42. The number of nitrogens with zero attached hydrogens (tertiary/aromatic N) is 1. The second-order valence-electron chi connectivity index (χ2n) is 4.33. The minimum Gasteiger partial charge on any atom is -0.347 e. The van der Waals surface area contributed by atoms with Crippen LogP contribution in [0.3, 0.4) is 0 Å². The van der Waals surface area contributed by atoms with Gasteiger partial charge in [0.1, 0.15) is 0 Å². The number of likely N-dealkylation sites (N-methyl/N-ethyl adjacent to an activating group) is 1. The highest BCUT2D eigenvalue weighted by molar-refractivity contribution is 5.90. The summed E-state index contributed by atoms with van der Waals surface area (Å²) >= 11 is 0. The Morgan fingerprint density at radius 2 is 1.81 bits per heavy atom. The van der Waals surface area contributed by atoms with Crippen molar-refractivity contribution in [2.45, 2.75) is 31.2 Å². The molecule has 1 fully saturated rings. The molecule has 3 N–H and O–H groups in total. The van der Waals surface area contributed by atoms with Crippen LogP contribution in [-0.2, 0) is 9.59 Å². The van der Waals surface area contributed by atoms with Crippen molar-refractivity contribution >= 4 is 24.2 Å². The summed E-state index contributed by atoms with van der Waals surface area (Å²) in [7, 11) is 3.31. The van der Waals surface area contributed by atoms with Gasteiger partial charge in [-0.05, 0) is 12.8 Å². The van der Waals surface area contributed by atoms with Crippen molar-refractivity contribution in [3.05, 3.63) is 0 Å². The first kappa shape index (κ1) is 15.2.